The Morgan fingerprint density at radius 3 is 2.70 bits per heavy atom. The predicted octanol–water partition coefficient (Wildman–Crippen LogP) is 3.80. The summed E-state index contributed by atoms with van der Waals surface area (Å²) in [6.45, 7) is 4.99. The number of nitrogens with one attached hydrogen (secondary N) is 1. The van der Waals surface area contributed by atoms with E-state index in [0.717, 1.165) is 30.3 Å². The average Bonchev–Trinajstić information content (AvgIpc) is 2.48. The molecule has 0 saturated carbocycles. The van der Waals surface area contributed by atoms with Crippen molar-refractivity contribution in [1.82, 2.24) is 5.32 Å². The second-order valence-corrected chi connectivity index (χ2v) is 5.69. The molecule has 0 bridgehead atoms. The summed E-state index contributed by atoms with van der Waals surface area (Å²) in [7, 11) is 0. The van der Waals surface area contributed by atoms with E-state index in [1.165, 1.54) is 11.1 Å². The summed E-state index contributed by atoms with van der Waals surface area (Å²) in [5.41, 5.74) is 3.66. The molecule has 1 atom stereocenters. The van der Waals surface area contributed by atoms with E-state index in [9.17, 15) is 0 Å². The number of benzene rings is 2. The molecule has 1 saturated heterocycles. The zero-order chi connectivity index (χ0) is 13.9. The molecule has 0 aliphatic carbocycles. The normalized spacial score (nSPS) is 19.1. The molecule has 1 aliphatic rings. The van der Waals surface area contributed by atoms with Gasteiger partial charge in [-0.3, -0.25) is 0 Å². The first-order valence-corrected chi connectivity index (χ1v) is 7.42. The van der Waals surface area contributed by atoms with Crippen LogP contribution in [0.25, 0.3) is 0 Å². The van der Waals surface area contributed by atoms with Crippen LogP contribution < -0.4 is 10.2 Å². The molecule has 0 aromatic heterocycles. The molecule has 104 valence electrons. The number of halogens is 1. The van der Waals surface area contributed by atoms with E-state index in [-0.39, 0.29) is 0 Å². The molecule has 0 unspecified atom stereocenters. The number of anilines is 1. The van der Waals surface area contributed by atoms with Crippen LogP contribution in [0.1, 0.15) is 17.2 Å². The molecule has 0 spiro atoms. The molecule has 2 nitrogen and oxygen atoms in total. The van der Waals surface area contributed by atoms with Gasteiger partial charge in [0.2, 0.25) is 0 Å². The summed E-state index contributed by atoms with van der Waals surface area (Å²) in [6, 6.07) is 17.3. The molecule has 0 radical (unpaired) electrons. The maximum atomic E-state index is 6.45. The Hall–Kier alpha value is -1.51. The van der Waals surface area contributed by atoms with Gasteiger partial charge in [-0.1, -0.05) is 48.0 Å². The molecule has 2 aromatic rings. The van der Waals surface area contributed by atoms with Gasteiger partial charge in [0.1, 0.15) is 0 Å². The van der Waals surface area contributed by atoms with Crippen molar-refractivity contribution in [2.45, 2.75) is 13.0 Å². The van der Waals surface area contributed by atoms with Crippen molar-refractivity contribution in [3.8, 4) is 0 Å². The van der Waals surface area contributed by atoms with Gasteiger partial charge in [-0.2, -0.15) is 0 Å². The Balaban J connectivity index is 1.97. The van der Waals surface area contributed by atoms with Gasteiger partial charge < -0.3 is 10.2 Å². The van der Waals surface area contributed by atoms with Gasteiger partial charge >= 0.3 is 0 Å². The quantitative estimate of drug-likeness (QED) is 0.903. The Morgan fingerprint density at radius 1 is 1.15 bits per heavy atom. The Kier molecular flexibility index (Phi) is 3.95. The summed E-state index contributed by atoms with van der Waals surface area (Å²) in [5.74, 6) is 0. The minimum absolute atomic E-state index is 0.338. The first-order valence-electron chi connectivity index (χ1n) is 7.04. The highest BCUT2D eigenvalue weighted by molar-refractivity contribution is 6.33. The fraction of sp³-hybridized carbons (Fsp3) is 0.294. The molecule has 1 fully saturated rings. The highest BCUT2D eigenvalue weighted by atomic mass is 35.5. The number of hydrogen-bond donors (Lipinski definition) is 1. The van der Waals surface area contributed by atoms with Crippen molar-refractivity contribution in [2.75, 3.05) is 24.5 Å². The van der Waals surface area contributed by atoms with E-state index in [0.29, 0.717) is 6.04 Å². The Morgan fingerprint density at radius 2 is 1.95 bits per heavy atom. The van der Waals surface area contributed by atoms with Gasteiger partial charge in [0.25, 0.3) is 0 Å². The monoisotopic (exact) mass is 286 g/mol. The maximum Gasteiger partial charge on any atom is 0.0668 e. The molecular weight excluding hydrogens is 268 g/mol. The largest absolute Gasteiger partial charge is 0.361 e. The zero-order valence-electron chi connectivity index (χ0n) is 11.6. The number of hydrogen-bond acceptors (Lipinski definition) is 2. The SMILES string of the molecule is Cc1ccc(N2CCNC[C@H]2c2ccccc2)c(Cl)c1. The molecular formula is C17H19ClN2. The summed E-state index contributed by atoms with van der Waals surface area (Å²) in [6.07, 6.45) is 0. The first kappa shape index (κ1) is 13.5. The van der Waals surface area contributed by atoms with Crippen LogP contribution in [-0.2, 0) is 0 Å². The van der Waals surface area contributed by atoms with Gasteiger partial charge in [0.05, 0.1) is 16.8 Å². The topological polar surface area (TPSA) is 15.3 Å². The van der Waals surface area contributed by atoms with Crippen molar-refractivity contribution >= 4 is 17.3 Å². The number of nitrogens with zero attached hydrogens (tertiary/aromatic N) is 1. The van der Waals surface area contributed by atoms with Crippen molar-refractivity contribution in [1.29, 1.82) is 0 Å². The minimum Gasteiger partial charge on any atom is -0.361 e. The third kappa shape index (κ3) is 2.67. The molecule has 2 aromatic carbocycles. The lowest BCUT2D eigenvalue weighted by atomic mass is 10.0. The smallest absolute Gasteiger partial charge is 0.0668 e. The molecule has 1 aliphatic heterocycles. The fourth-order valence-corrected chi connectivity index (χ4v) is 3.15. The predicted molar refractivity (Wildman–Crippen MR) is 85.6 cm³/mol. The Labute approximate surface area is 125 Å². The van der Waals surface area contributed by atoms with Crippen molar-refractivity contribution in [3.05, 3.63) is 64.7 Å². The molecule has 3 rings (SSSR count). The third-order valence-corrected chi connectivity index (χ3v) is 4.14. The highest BCUT2D eigenvalue weighted by Crippen LogP contribution is 2.33. The molecule has 3 heteroatoms. The summed E-state index contributed by atoms with van der Waals surface area (Å²) >= 11 is 6.45. The van der Waals surface area contributed by atoms with Crippen LogP contribution >= 0.6 is 11.6 Å². The van der Waals surface area contributed by atoms with E-state index in [1.54, 1.807) is 0 Å². The lowest BCUT2D eigenvalue weighted by Gasteiger charge is -2.38. The van der Waals surface area contributed by atoms with Crippen LogP contribution in [0.2, 0.25) is 5.02 Å². The van der Waals surface area contributed by atoms with Crippen LogP contribution in [-0.4, -0.2) is 19.6 Å². The number of aryl methyl sites for hydroxylation is 1. The van der Waals surface area contributed by atoms with Gasteiger partial charge in [-0.15, -0.1) is 0 Å². The van der Waals surface area contributed by atoms with Crippen LogP contribution in [0.15, 0.2) is 48.5 Å². The molecule has 0 amide bonds. The third-order valence-electron chi connectivity index (χ3n) is 3.84. The first-order chi connectivity index (χ1) is 9.75. The number of rotatable bonds is 2. The van der Waals surface area contributed by atoms with Gasteiger partial charge in [-0.05, 0) is 30.2 Å². The highest BCUT2D eigenvalue weighted by Gasteiger charge is 2.25. The minimum atomic E-state index is 0.338. The van der Waals surface area contributed by atoms with E-state index >= 15 is 0 Å². The van der Waals surface area contributed by atoms with Gasteiger partial charge in [0.15, 0.2) is 0 Å². The van der Waals surface area contributed by atoms with Gasteiger partial charge in [0, 0.05) is 19.6 Å². The fourth-order valence-electron chi connectivity index (χ4n) is 2.81. The lowest BCUT2D eigenvalue weighted by molar-refractivity contribution is 0.490. The van der Waals surface area contributed by atoms with Crippen molar-refractivity contribution in [3.63, 3.8) is 0 Å². The molecule has 1 heterocycles. The van der Waals surface area contributed by atoms with Gasteiger partial charge in [-0.25, -0.2) is 0 Å². The average molecular weight is 287 g/mol. The summed E-state index contributed by atoms with van der Waals surface area (Å²) in [4.78, 5) is 2.41. The van der Waals surface area contributed by atoms with Crippen LogP contribution in [0.3, 0.4) is 0 Å². The van der Waals surface area contributed by atoms with Crippen molar-refractivity contribution in [2.24, 2.45) is 0 Å². The summed E-state index contributed by atoms with van der Waals surface area (Å²) < 4.78 is 0. The Bertz CT molecular complexity index is 583. The van der Waals surface area contributed by atoms with Crippen LogP contribution in [0.5, 0.6) is 0 Å². The zero-order valence-corrected chi connectivity index (χ0v) is 12.4. The van der Waals surface area contributed by atoms with E-state index < -0.39 is 0 Å². The molecule has 20 heavy (non-hydrogen) atoms. The van der Waals surface area contributed by atoms with E-state index in [2.05, 4.69) is 59.6 Å². The lowest BCUT2D eigenvalue weighted by Crippen LogP contribution is -2.46. The van der Waals surface area contributed by atoms with E-state index in [4.69, 9.17) is 11.6 Å². The molecule has 1 N–H and O–H groups in total. The number of piperazine rings is 1. The standard InChI is InChI=1S/C17H19ClN2/c1-13-7-8-16(15(18)11-13)20-10-9-19-12-17(20)14-5-3-2-4-6-14/h2-8,11,17,19H,9-10,12H2,1H3/t17-/m0/s1. The van der Waals surface area contributed by atoms with Crippen molar-refractivity contribution < 1.29 is 0 Å². The maximum absolute atomic E-state index is 6.45. The van der Waals surface area contributed by atoms with Crippen LogP contribution in [0, 0.1) is 6.92 Å². The second kappa shape index (κ2) is 5.86. The van der Waals surface area contributed by atoms with E-state index in [1.807, 2.05) is 6.07 Å². The summed E-state index contributed by atoms with van der Waals surface area (Å²) in [5, 5.41) is 4.32. The van der Waals surface area contributed by atoms with Crippen LogP contribution in [0.4, 0.5) is 5.69 Å². The second-order valence-electron chi connectivity index (χ2n) is 5.28.